The average Bonchev–Trinajstić information content (AvgIpc) is 2.87. The van der Waals surface area contributed by atoms with Gasteiger partial charge in [0.15, 0.2) is 6.10 Å². The molecule has 9 heteroatoms. The molecule has 2 aromatic rings. The number of aryl methyl sites for hydroxylation is 1. The highest BCUT2D eigenvalue weighted by Gasteiger charge is 2.31. The standard InChI is InChI=1S/C20H24N2O6S/c1-13-5-7-18-16(11-13)22(29(4,24)25)10-9-19(28-18)20(23)21-15-12-14(26-2)6-8-17(15)27-3/h5-8,11-12,19H,9-10H2,1-4H3,(H,21,23). The Kier molecular flexibility index (Phi) is 5.88. The molecule has 2 aromatic carbocycles. The van der Waals surface area contributed by atoms with Gasteiger partial charge in [-0.25, -0.2) is 8.42 Å². The van der Waals surface area contributed by atoms with Crippen LogP contribution < -0.4 is 23.8 Å². The van der Waals surface area contributed by atoms with Crippen molar-refractivity contribution in [2.45, 2.75) is 19.4 Å². The van der Waals surface area contributed by atoms with Crippen LogP contribution in [0.5, 0.6) is 17.2 Å². The summed E-state index contributed by atoms with van der Waals surface area (Å²) in [6.07, 6.45) is 0.457. The zero-order valence-electron chi connectivity index (χ0n) is 16.8. The van der Waals surface area contributed by atoms with Crippen LogP contribution >= 0.6 is 0 Å². The van der Waals surface area contributed by atoms with Gasteiger partial charge in [0.1, 0.15) is 17.2 Å². The lowest BCUT2D eigenvalue weighted by Crippen LogP contribution is -2.36. The van der Waals surface area contributed by atoms with Gasteiger partial charge in [0.25, 0.3) is 5.91 Å². The van der Waals surface area contributed by atoms with Crippen molar-refractivity contribution in [3.63, 3.8) is 0 Å². The van der Waals surface area contributed by atoms with E-state index in [1.54, 1.807) is 30.3 Å². The summed E-state index contributed by atoms with van der Waals surface area (Å²) in [4.78, 5) is 12.9. The molecule has 1 heterocycles. The van der Waals surface area contributed by atoms with Gasteiger partial charge in [0.05, 0.1) is 31.9 Å². The zero-order valence-corrected chi connectivity index (χ0v) is 17.6. The Morgan fingerprint density at radius 1 is 1.17 bits per heavy atom. The summed E-state index contributed by atoms with van der Waals surface area (Å²) in [6, 6.07) is 10.3. The number of hydrogen-bond donors (Lipinski definition) is 1. The van der Waals surface area contributed by atoms with Crippen LogP contribution in [0.3, 0.4) is 0 Å². The largest absolute Gasteiger partial charge is 0.497 e. The molecule has 0 saturated heterocycles. The molecule has 156 valence electrons. The monoisotopic (exact) mass is 420 g/mol. The number of rotatable bonds is 5. The van der Waals surface area contributed by atoms with E-state index < -0.39 is 22.0 Å². The predicted molar refractivity (Wildman–Crippen MR) is 111 cm³/mol. The van der Waals surface area contributed by atoms with Crippen LogP contribution in [0.2, 0.25) is 0 Å². The molecule has 1 aliphatic rings. The van der Waals surface area contributed by atoms with E-state index in [2.05, 4.69) is 5.32 Å². The van der Waals surface area contributed by atoms with E-state index in [1.165, 1.54) is 18.5 Å². The van der Waals surface area contributed by atoms with Crippen LogP contribution in [-0.2, 0) is 14.8 Å². The van der Waals surface area contributed by atoms with Crippen molar-refractivity contribution in [3.05, 3.63) is 42.0 Å². The lowest BCUT2D eigenvalue weighted by molar-refractivity contribution is -0.122. The minimum absolute atomic E-state index is 0.128. The molecule has 1 amide bonds. The molecule has 0 fully saturated rings. The van der Waals surface area contributed by atoms with Gasteiger partial charge in [-0.3, -0.25) is 9.10 Å². The number of nitrogens with zero attached hydrogens (tertiary/aromatic N) is 1. The van der Waals surface area contributed by atoms with E-state index in [4.69, 9.17) is 14.2 Å². The number of ether oxygens (including phenoxy) is 3. The normalized spacial score (nSPS) is 16.3. The van der Waals surface area contributed by atoms with Crippen molar-refractivity contribution in [1.29, 1.82) is 0 Å². The smallest absolute Gasteiger partial charge is 0.265 e. The Balaban J connectivity index is 1.89. The molecule has 0 aliphatic carbocycles. The molecule has 3 rings (SSSR count). The molecule has 1 N–H and O–H groups in total. The van der Waals surface area contributed by atoms with E-state index in [1.807, 2.05) is 13.0 Å². The number of anilines is 2. The van der Waals surface area contributed by atoms with Crippen molar-refractivity contribution in [2.24, 2.45) is 0 Å². The van der Waals surface area contributed by atoms with Gasteiger partial charge in [-0.2, -0.15) is 0 Å². The van der Waals surface area contributed by atoms with Crippen LogP contribution in [0.25, 0.3) is 0 Å². The van der Waals surface area contributed by atoms with Gasteiger partial charge >= 0.3 is 0 Å². The molecule has 0 radical (unpaired) electrons. The summed E-state index contributed by atoms with van der Waals surface area (Å²) in [7, 11) is -0.492. The predicted octanol–water partition coefficient (Wildman–Crippen LogP) is 2.57. The molecule has 8 nitrogen and oxygen atoms in total. The van der Waals surface area contributed by atoms with Crippen LogP contribution in [0.15, 0.2) is 36.4 Å². The number of hydrogen-bond acceptors (Lipinski definition) is 6. The number of fused-ring (bicyclic) bond motifs is 1. The van der Waals surface area contributed by atoms with E-state index in [0.717, 1.165) is 11.8 Å². The molecule has 0 saturated carbocycles. The first-order chi connectivity index (χ1) is 13.7. The minimum Gasteiger partial charge on any atom is -0.497 e. The summed E-state index contributed by atoms with van der Waals surface area (Å²) in [5.74, 6) is 0.975. The van der Waals surface area contributed by atoms with Crippen molar-refractivity contribution >= 4 is 27.3 Å². The van der Waals surface area contributed by atoms with Crippen LogP contribution in [0.4, 0.5) is 11.4 Å². The van der Waals surface area contributed by atoms with Gasteiger partial charge in [-0.1, -0.05) is 6.07 Å². The zero-order chi connectivity index (χ0) is 21.2. The van der Waals surface area contributed by atoms with E-state index >= 15 is 0 Å². The average molecular weight is 420 g/mol. The SMILES string of the molecule is COc1ccc(OC)c(NC(=O)C2CCN(S(C)(=O)=O)c3cc(C)ccc3O2)c1. The van der Waals surface area contributed by atoms with Gasteiger partial charge < -0.3 is 19.5 Å². The maximum atomic E-state index is 12.9. The van der Waals surface area contributed by atoms with Crippen molar-refractivity contribution < 1.29 is 27.4 Å². The second-order valence-corrected chi connectivity index (χ2v) is 8.66. The Hall–Kier alpha value is -2.94. The lowest BCUT2D eigenvalue weighted by atomic mass is 10.2. The van der Waals surface area contributed by atoms with Crippen molar-refractivity contribution in [3.8, 4) is 17.2 Å². The first-order valence-corrected chi connectivity index (χ1v) is 10.9. The number of methoxy groups -OCH3 is 2. The third-order valence-electron chi connectivity index (χ3n) is 4.60. The Morgan fingerprint density at radius 2 is 1.93 bits per heavy atom. The van der Waals surface area contributed by atoms with Gasteiger partial charge in [0.2, 0.25) is 10.0 Å². The molecule has 1 atom stereocenters. The minimum atomic E-state index is -3.52. The number of carbonyl (C=O) groups is 1. The first kappa shape index (κ1) is 20.8. The van der Waals surface area contributed by atoms with E-state index in [0.29, 0.717) is 28.6 Å². The van der Waals surface area contributed by atoms with Crippen molar-refractivity contribution in [2.75, 3.05) is 36.6 Å². The highest BCUT2D eigenvalue weighted by Crippen LogP contribution is 2.36. The fourth-order valence-electron chi connectivity index (χ4n) is 3.14. The fraction of sp³-hybridized carbons (Fsp3) is 0.350. The molecule has 1 unspecified atom stereocenters. The summed E-state index contributed by atoms with van der Waals surface area (Å²) >= 11 is 0. The number of nitrogens with one attached hydrogen (secondary N) is 1. The molecular weight excluding hydrogens is 396 g/mol. The maximum Gasteiger partial charge on any atom is 0.265 e. The quantitative estimate of drug-likeness (QED) is 0.799. The number of carbonyl (C=O) groups excluding carboxylic acids is 1. The van der Waals surface area contributed by atoms with Gasteiger partial charge in [-0.05, 0) is 36.8 Å². The van der Waals surface area contributed by atoms with Crippen LogP contribution in [-0.4, -0.2) is 47.4 Å². The maximum absolute atomic E-state index is 12.9. The second-order valence-electron chi connectivity index (χ2n) is 6.76. The third kappa shape index (κ3) is 4.56. The highest BCUT2D eigenvalue weighted by molar-refractivity contribution is 7.92. The summed E-state index contributed by atoms with van der Waals surface area (Å²) in [5.41, 5.74) is 1.76. The van der Waals surface area contributed by atoms with Gasteiger partial charge in [0, 0.05) is 19.0 Å². The number of benzene rings is 2. The number of amides is 1. The summed E-state index contributed by atoms with van der Waals surface area (Å²) < 4.78 is 42.2. The number of sulfonamides is 1. The molecule has 1 aliphatic heterocycles. The van der Waals surface area contributed by atoms with Gasteiger partial charge in [-0.15, -0.1) is 0 Å². The Labute approximate surface area is 170 Å². The molecular formula is C20H24N2O6S. The first-order valence-electron chi connectivity index (χ1n) is 9.01. The van der Waals surface area contributed by atoms with E-state index in [9.17, 15) is 13.2 Å². The van der Waals surface area contributed by atoms with E-state index in [-0.39, 0.29) is 13.0 Å². The highest BCUT2D eigenvalue weighted by atomic mass is 32.2. The topological polar surface area (TPSA) is 94.2 Å². The molecule has 0 bridgehead atoms. The summed E-state index contributed by atoms with van der Waals surface area (Å²) in [6.45, 7) is 1.99. The third-order valence-corrected chi connectivity index (χ3v) is 5.78. The van der Waals surface area contributed by atoms with Crippen molar-refractivity contribution in [1.82, 2.24) is 0 Å². The van der Waals surface area contributed by atoms with Crippen LogP contribution in [0, 0.1) is 6.92 Å². The Bertz CT molecular complexity index is 1020. The second kappa shape index (κ2) is 8.20. The lowest BCUT2D eigenvalue weighted by Gasteiger charge is -2.21. The summed E-state index contributed by atoms with van der Waals surface area (Å²) in [5, 5.41) is 2.79. The fourth-order valence-corrected chi connectivity index (χ4v) is 4.08. The molecule has 29 heavy (non-hydrogen) atoms. The van der Waals surface area contributed by atoms with Crippen LogP contribution in [0.1, 0.15) is 12.0 Å². The molecule has 0 aromatic heterocycles. The Morgan fingerprint density at radius 3 is 2.59 bits per heavy atom. The molecule has 0 spiro atoms.